The maximum atomic E-state index is 3.83. The van der Waals surface area contributed by atoms with Crippen LogP contribution in [0, 0.1) is 0 Å². The highest BCUT2D eigenvalue weighted by Crippen LogP contribution is 2.01. The normalized spacial score (nSPS) is 12.6. The lowest BCUT2D eigenvalue weighted by Gasteiger charge is -2.24. The Morgan fingerprint density at radius 1 is 1.10 bits per heavy atom. The minimum Gasteiger partial charge on any atom is -0.362 e. The molecule has 0 spiro atoms. The Balaban J connectivity index is 3.63. The number of rotatable bonds is 4. The van der Waals surface area contributed by atoms with Crippen LogP contribution in [0.2, 0.25) is 31.7 Å². The molecule has 0 aliphatic carbocycles. The van der Waals surface area contributed by atoms with Crippen molar-refractivity contribution in [2.45, 2.75) is 45.6 Å². The van der Waals surface area contributed by atoms with E-state index in [1.165, 1.54) is 12.1 Å². The molecule has 62 valence electrons. The van der Waals surface area contributed by atoms with E-state index in [1.54, 1.807) is 0 Å². The van der Waals surface area contributed by atoms with Crippen molar-refractivity contribution in [3.8, 4) is 0 Å². The minimum absolute atomic E-state index is 0.505. The van der Waals surface area contributed by atoms with E-state index in [4.69, 9.17) is 0 Å². The summed E-state index contributed by atoms with van der Waals surface area (Å²) in [7, 11) is -1.46. The van der Waals surface area contributed by atoms with Gasteiger partial charge in [-0.15, -0.1) is 0 Å². The largest absolute Gasteiger partial charge is 0.362 e. The Morgan fingerprint density at radius 2 is 1.50 bits per heavy atom. The Bertz CT molecular complexity index is 84.1. The first-order valence-corrected chi connectivity index (χ1v) is 9.98. The van der Waals surface area contributed by atoms with E-state index in [-0.39, 0.29) is 0 Å². The molecule has 0 fully saturated rings. The zero-order chi connectivity index (χ0) is 8.20. The lowest BCUT2D eigenvalue weighted by molar-refractivity contribution is 1.21. The van der Waals surface area contributed by atoms with Gasteiger partial charge in [-0.3, -0.25) is 0 Å². The van der Waals surface area contributed by atoms with E-state index in [2.05, 4.69) is 38.1 Å². The average molecular weight is 175 g/mol. The molecule has 0 unspecified atom stereocenters. The second-order valence-electron chi connectivity index (χ2n) is 3.91. The van der Waals surface area contributed by atoms with E-state index in [9.17, 15) is 0 Å². The highest BCUT2D eigenvalue weighted by atomic mass is 28.4. The topological polar surface area (TPSA) is 12.0 Å². The summed E-state index contributed by atoms with van der Waals surface area (Å²) in [5.74, 6) is 0. The summed E-state index contributed by atoms with van der Waals surface area (Å²) in [4.78, 5) is 0. The quantitative estimate of drug-likeness (QED) is 0.646. The van der Waals surface area contributed by atoms with Crippen LogP contribution in [-0.2, 0) is 0 Å². The van der Waals surface area contributed by atoms with E-state index >= 15 is 0 Å². The summed E-state index contributed by atoms with van der Waals surface area (Å²) in [6.45, 7) is 11.8. The van der Waals surface area contributed by atoms with Gasteiger partial charge < -0.3 is 4.65 Å². The van der Waals surface area contributed by atoms with Gasteiger partial charge in [-0.1, -0.05) is 45.6 Å². The molecular weight excluding hydrogens is 154 g/mol. The third-order valence-corrected chi connectivity index (χ3v) is 8.69. The maximum absolute atomic E-state index is 3.83. The predicted molar refractivity (Wildman–Crippen MR) is 54.6 cm³/mol. The van der Waals surface area contributed by atoms with Crippen molar-refractivity contribution in [2.75, 3.05) is 0 Å². The molecule has 1 nitrogen and oxygen atoms in total. The van der Waals surface area contributed by atoms with Crippen LogP contribution < -0.4 is 4.65 Å². The van der Waals surface area contributed by atoms with E-state index < -0.39 is 17.2 Å². The van der Waals surface area contributed by atoms with Crippen molar-refractivity contribution in [3.63, 3.8) is 0 Å². The Morgan fingerprint density at radius 3 is 1.60 bits per heavy atom. The van der Waals surface area contributed by atoms with Gasteiger partial charge in [0.1, 0.15) is 17.2 Å². The van der Waals surface area contributed by atoms with Crippen LogP contribution in [0.4, 0.5) is 0 Å². The van der Waals surface area contributed by atoms with Crippen LogP contribution in [0.15, 0.2) is 0 Å². The lowest BCUT2D eigenvalue weighted by Crippen LogP contribution is -2.49. The molecule has 0 bridgehead atoms. The second kappa shape index (κ2) is 4.31. The first-order chi connectivity index (χ1) is 4.49. The SMILES string of the molecule is CC[SiH](CC)N[Si](C)(C)C. The Labute approximate surface area is 68.0 Å². The van der Waals surface area contributed by atoms with Crippen LogP contribution in [-0.4, -0.2) is 17.2 Å². The smallest absolute Gasteiger partial charge is 0.109 e. The zero-order valence-corrected chi connectivity index (χ0v) is 10.1. The first-order valence-electron chi connectivity index (χ1n) is 4.27. The summed E-state index contributed by atoms with van der Waals surface area (Å²) in [6.07, 6.45) is 0. The highest BCUT2D eigenvalue weighted by molar-refractivity contribution is 6.83. The van der Waals surface area contributed by atoms with E-state index in [1.807, 2.05) is 0 Å². The molecule has 0 aliphatic rings. The lowest BCUT2D eigenvalue weighted by atomic mass is 10.9. The molecule has 0 radical (unpaired) electrons. The summed E-state index contributed by atoms with van der Waals surface area (Å²) >= 11 is 0. The molecule has 0 aromatic carbocycles. The molecular formula is C7H21NSi2. The Hall–Kier alpha value is 0.394. The summed E-state index contributed by atoms with van der Waals surface area (Å²) in [5, 5.41) is 0. The average Bonchev–Trinajstić information content (AvgIpc) is 1.81. The van der Waals surface area contributed by atoms with Crippen molar-refractivity contribution >= 4 is 17.2 Å². The van der Waals surface area contributed by atoms with Gasteiger partial charge in [-0.25, -0.2) is 0 Å². The molecule has 1 N–H and O–H groups in total. The molecule has 0 heterocycles. The molecule has 0 atom stereocenters. The third kappa shape index (κ3) is 5.20. The fourth-order valence-corrected chi connectivity index (χ4v) is 8.21. The van der Waals surface area contributed by atoms with E-state index in [0.29, 0.717) is 0 Å². The summed E-state index contributed by atoms with van der Waals surface area (Å²) in [6, 6.07) is 2.81. The molecule has 0 saturated heterocycles. The Kier molecular flexibility index (Phi) is 4.48. The molecule has 0 saturated carbocycles. The number of hydrogen-bond donors (Lipinski definition) is 1. The number of nitrogens with one attached hydrogen (secondary N) is 1. The first kappa shape index (κ1) is 10.4. The van der Waals surface area contributed by atoms with Gasteiger partial charge in [-0.05, 0) is 0 Å². The van der Waals surface area contributed by atoms with Crippen LogP contribution in [0.3, 0.4) is 0 Å². The van der Waals surface area contributed by atoms with Gasteiger partial charge in [0, 0.05) is 0 Å². The zero-order valence-electron chi connectivity index (χ0n) is 7.99. The van der Waals surface area contributed by atoms with Gasteiger partial charge >= 0.3 is 0 Å². The van der Waals surface area contributed by atoms with Crippen LogP contribution in [0.1, 0.15) is 13.8 Å². The van der Waals surface area contributed by atoms with Gasteiger partial charge in [0.2, 0.25) is 0 Å². The molecule has 10 heavy (non-hydrogen) atoms. The molecule has 0 amide bonds. The molecule has 0 aromatic rings. The fourth-order valence-electron chi connectivity index (χ4n) is 1.11. The second-order valence-corrected chi connectivity index (χ2v) is 12.6. The van der Waals surface area contributed by atoms with Gasteiger partial charge in [0.25, 0.3) is 0 Å². The van der Waals surface area contributed by atoms with Crippen molar-refractivity contribution in [3.05, 3.63) is 0 Å². The molecule has 3 heteroatoms. The molecule has 0 aliphatic heterocycles. The molecule has 0 aromatic heterocycles. The van der Waals surface area contributed by atoms with Gasteiger partial charge in [-0.2, -0.15) is 0 Å². The number of hydrogen-bond acceptors (Lipinski definition) is 1. The van der Waals surface area contributed by atoms with Crippen molar-refractivity contribution < 1.29 is 0 Å². The predicted octanol–water partition coefficient (Wildman–Crippen LogP) is 2.17. The standard InChI is InChI=1S/C7H21NSi2/c1-6-9(7-2)8-10(3,4)5/h8-9H,6-7H2,1-5H3. The van der Waals surface area contributed by atoms with Crippen molar-refractivity contribution in [1.82, 2.24) is 4.65 Å². The van der Waals surface area contributed by atoms with Crippen LogP contribution in [0.5, 0.6) is 0 Å². The van der Waals surface area contributed by atoms with Crippen LogP contribution >= 0.6 is 0 Å². The maximum Gasteiger partial charge on any atom is 0.109 e. The fraction of sp³-hybridized carbons (Fsp3) is 1.00. The van der Waals surface area contributed by atoms with Gasteiger partial charge in [0.05, 0.1) is 0 Å². The van der Waals surface area contributed by atoms with Crippen LogP contribution in [0.25, 0.3) is 0 Å². The summed E-state index contributed by atoms with van der Waals surface area (Å²) < 4.78 is 3.83. The third-order valence-electron chi connectivity index (χ3n) is 1.62. The molecule has 0 rings (SSSR count). The summed E-state index contributed by atoms with van der Waals surface area (Å²) in [5.41, 5.74) is 0. The highest BCUT2D eigenvalue weighted by Gasteiger charge is 2.16. The van der Waals surface area contributed by atoms with E-state index in [0.717, 1.165) is 0 Å². The minimum atomic E-state index is -0.951. The van der Waals surface area contributed by atoms with Crippen molar-refractivity contribution in [2.24, 2.45) is 0 Å². The van der Waals surface area contributed by atoms with Gasteiger partial charge in [0.15, 0.2) is 0 Å². The van der Waals surface area contributed by atoms with Crippen molar-refractivity contribution in [1.29, 1.82) is 0 Å². The monoisotopic (exact) mass is 175 g/mol.